The molecule has 1 nitrogen and oxygen atoms in total. The molecule has 3 atom stereocenters. The average Bonchev–Trinajstić information content (AvgIpc) is 2.64. The summed E-state index contributed by atoms with van der Waals surface area (Å²) < 4.78 is 6.81. The lowest BCUT2D eigenvalue weighted by atomic mass is 9.68. The molecule has 2 aliphatic rings. The molecule has 2 heteroatoms. The molecule has 0 N–H and O–H groups in total. The van der Waals surface area contributed by atoms with E-state index in [4.69, 9.17) is 4.43 Å². The molecule has 0 aromatic carbocycles. The summed E-state index contributed by atoms with van der Waals surface area (Å²) in [6.07, 6.45) is 9.87. The maximum atomic E-state index is 6.81. The van der Waals surface area contributed by atoms with E-state index in [2.05, 4.69) is 59.5 Å². The summed E-state index contributed by atoms with van der Waals surface area (Å²) in [5.74, 6) is 0.670. The Labute approximate surface area is 126 Å². The van der Waals surface area contributed by atoms with Gasteiger partial charge in [0, 0.05) is 0 Å². The van der Waals surface area contributed by atoms with Crippen LogP contribution in [0.1, 0.15) is 53.4 Å². The van der Waals surface area contributed by atoms with Gasteiger partial charge in [0.1, 0.15) is 0 Å². The van der Waals surface area contributed by atoms with E-state index in [0.29, 0.717) is 22.5 Å². The van der Waals surface area contributed by atoms with E-state index in [1.165, 1.54) is 31.3 Å². The van der Waals surface area contributed by atoms with Gasteiger partial charge in [-0.15, -0.1) is 0 Å². The molecule has 0 aromatic heterocycles. The van der Waals surface area contributed by atoms with Crippen LogP contribution in [-0.2, 0) is 4.43 Å². The van der Waals surface area contributed by atoms with E-state index < -0.39 is 8.32 Å². The van der Waals surface area contributed by atoms with Crippen LogP contribution in [0.4, 0.5) is 0 Å². The summed E-state index contributed by atoms with van der Waals surface area (Å²) in [6, 6.07) is 0. The molecule has 0 heterocycles. The molecule has 0 amide bonds. The van der Waals surface area contributed by atoms with Crippen LogP contribution in [0, 0.1) is 11.3 Å². The Bertz CT molecular complexity index is 416. The molecule has 1 saturated carbocycles. The minimum absolute atomic E-state index is 0.299. The third-order valence-corrected chi connectivity index (χ3v) is 10.7. The zero-order valence-electron chi connectivity index (χ0n) is 14.3. The summed E-state index contributed by atoms with van der Waals surface area (Å²) in [7, 11) is -1.67. The first-order chi connectivity index (χ1) is 9.12. The molecular formula is C18H32OSi. The topological polar surface area (TPSA) is 9.23 Å². The number of rotatable bonds is 3. The molecule has 20 heavy (non-hydrogen) atoms. The van der Waals surface area contributed by atoms with Crippen molar-refractivity contribution >= 4 is 8.32 Å². The van der Waals surface area contributed by atoms with Crippen LogP contribution < -0.4 is 0 Å². The molecule has 114 valence electrons. The molecule has 0 bridgehead atoms. The normalized spacial score (nSPS) is 34.6. The lowest BCUT2D eigenvalue weighted by Crippen LogP contribution is -2.48. The van der Waals surface area contributed by atoms with Crippen molar-refractivity contribution in [3.63, 3.8) is 0 Å². The summed E-state index contributed by atoms with van der Waals surface area (Å²) >= 11 is 0. The number of fused-ring (bicyclic) bond motifs is 1. The van der Waals surface area contributed by atoms with Crippen LogP contribution in [0.2, 0.25) is 18.1 Å². The molecule has 0 radical (unpaired) electrons. The average molecular weight is 293 g/mol. The van der Waals surface area contributed by atoms with Crippen LogP contribution in [0.5, 0.6) is 0 Å². The van der Waals surface area contributed by atoms with Crippen molar-refractivity contribution in [2.24, 2.45) is 11.3 Å². The Morgan fingerprint density at radius 3 is 2.55 bits per heavy atom. The van der Waals surface area contributed by atoms with Gasteiger partial charge in [0.05, 0.1) is 6.10 Å². The number of allylic oxidation sites excluding steroid dienone is 3. The summed E-state index contributed by atoms with van der Waals surface area (Å²) in [5, 5.41) is 0.299. The van der Waals surface area contributed by atoms with Crippen molar-refractivity contribution in [2.45, 2.75) is 77.6 Å². The second-order valence-electron chi connectivity index (χ2n) is 8.45. The van der Waals surface area contributed by atoms with Gasteiger partial charge in [0.25, 0.3) is 0 Å². The van der Waals surface area contributed by atoms with Gasteiger partial charge in [-0.1, -0.05) is 46.4 Å². The van der Waals surface area contributed by atoms with Crippen LogP contribution in [0.15, 0.2) is 24.3 Å². The largest absolute Gasteiger partial charge is 0.413 e. The predicted molar refractivity (Wildman–Crippen MR) is 90.4 cm³/mol. The van der Waals surface area contributed by atoms with Crippen molar-refractivity contribution in [3.8, 4) is 0 Å². The Balaban J connectivity index is 2.21. The van der Waals surface area contributed by atoms with Gasteiger partial charge in [-0.2, -0.15) is 0 Å². The van der Waals surface area contributed by atoms with Gasteiger partial charge in [-0.05, 0) is 60.7 Å². The SMILES string of the molecule is C=CC1=CCC[C@]2(C)[C@@H](O[Si](C)(C)C(C)(C)C)CC[C@@H]12. The van der Waals surface area contributed by atoms with Crippen molar-refractivity contribution in [3.05, 3.63) is 24.3 Å². The van der Waals surface area contributed by atoms with Crippen molar-refractivity contribution in [1.82, 2.24) is 0 Å². The van der Waals surface area contributed by atoms with E-state index in [-0.39, 0.29) is 0 Å². The zero-order chi connectivity index (χ0) is 15.2. The van der Waals surface area contributed by atoms with Crippen LogP contribution >= 0.6 is 0 Å². The fourth-order valence-corrected chi connectivity index (χ4v) is 5.18. The third-order valence-electron chi connectivity index (χ3n) is 6.19. The Morgan fingerprint density at radius 1 is 1.35 bits per heavy atom. The molecule has 0 unspecified atom stereocenters. The van der Waals surface area contributed by atoms with Crippen LogP contribution in [0.25, 0.3) is 0 Å². The second kappa shape index (κ2) is 5.13. The highest BCUT2D eigenvalue weighted by molar-refractivity contribution is 6.74. The van der Waals surface area contributed by atoms with Gasteiger partial charge in [-0.3, -0.25) is 0 Å². The first-order valence-electron chi connectivity index (χ1n) is 8.12. The van der Waals surface area contributed by atoms with E-state index >= 15 is 0 Å². The number of hydrogen-bond acceptors (Lipinski definition) is 1. The Hall–Kier alpha value is -0.343. The fraction of sp³-hybridized carbons (Fsp3) is 0.778. The van der Waals surface area contributed by atoms with Crippen molar-refractivity contribution in [2.75, 3.05) is 0 Å². The van der Waals surface area contributed by atoms with E-state index in [9.17, 15) is 0 Å². The van der Waals surface area contributed by atoms with E-state index in [1.54, 1.807) is 0 Å². The first-order valence-corrected chi connectivity index (χ1v) is 11.0. The molecule has 1 fully saturated rings. The molecular weight excluding hydrogens is 260 g/mol. The Morgan fingerprint density at radius 2 is 2.00 bits per heavy atom. The third kappa shape index (κ3) is 2.57. The molecule has 0 saturated heterocycles. The molecule has 0 aliphatic heterocycles. The van der Waals surface area contributed by atoms with Gasteiger partial charge < -0.3 is 4.43 Å². The van der Waals surface area contributed by atoms with E-state index in [0.717, 1.165) is 0 Å². The first kappa shape index (κ1) is 16.0. The monoisotopic (exact) mass is 292 g/mol. The van der Waals surface area contributed by atoms with Crippen molar-refractivity contribution in [1.29, 1.82) is 0 Å². The quantitative estimate of drug-likeness (QED) is 0.606. The molecule has 0 spiro atoms. The lowest BCUT2D eigenvalue weighted by molar-refractivity contribution is 0.0474. The van der Waals surface area contributed by atoms with Gasteiger partial charge >= 0.3 is 0 Å². The summed E-state index contributed by atoms with van der Waals surface area (Å²) in [4.78, 5) is 0. The number of hydrogen-bond donors (Lipinski definition) is 0. The minimum atomic E-state index is -1.67. The maximum Gasteiger partial charge on any atom is 0.192 e. The highest BCUT2D eigenvalue weighted by atomic mass is 28.4. The Kier molecular flexibility index (Phi) is 4.12. The standard InChI is InChI=1S/C18H32OSi/c1-8-14-10-9-13-18(5)15(14)11-12-16(18)19-20(6,7)17(2,3)4/h8,10,15-16H,1,9,11-13H2,2-7H3/t15-,16-,18-/m0/s1. The fourth-order valence-electron chi connectivity index (χ4n) is 3.73. The zero-order valence-corrected chi connectivity index (χ0v) is 15.3. The predicted octanol–water partition coefficient (Wildman–Crippen LogP) is 5.70. The van der Waals surface area contributed by atoms with E-state index in [1.807, 2.05) is 0 Å². The molecule has 2 rings (SSSR count). The summed E-state index contributed by atoms with van der Waals surface area (Å²) in [5.41, 5.74) is 1.80. The summed E-state index contributed by atoms with van der Waals surface area (Å²) in [6.45, 7) is 18.3. The van der Waals surface area contributed by atoms with Crippen LogP contribution in [0.3, 0.4) is 0 Å². The minimum Gasteiger partial charge on any atom is -0.413 e. The van der Waals surface area contributed by atoms with Gasteiger partial charge in [-0.25, -0.2) is 0 Å². The highest BCUT2D eigenvalue weighted by Crippen LogP contribution is 2.55. The molecule has 2 aliphatic carbocycles. The highest BCUT2D eigenvalue weighted by Gasteiger charge is 2.52. The van der Waals surface area contributed by atoms with Crippen molar-refractivity contribution < 1.29 is 4.43 Å². The smallest absolute Gasteiger partial charge is 0.192 e. The lowest BCUT2D eigenvalue weighted by Gasteiger charge is -2.46. The second-order valence-corrected chi connectivity index (χ2v) is 13.2. The maximum absolute atomic E-state index is 6.81. The van der Waals surface area contributed by atoms with Crippen LogP contribution in [-0.4, -0.2) is 14.4 Å². The molecule has 0 aromatic rings. The van der Waals surface area contributed by atoms with Gasteiger partial charge in [0.15, 0.2) is 8.32 Å². The van der Waals surface area contributed by atoms with Gasteiger partial charge in [0.2, 0.25) is 0 Å².